The first kappa shape index (κ1) is 40.0. The Hall–Kier alpha value is -0.990. The van der Waals surface area contributed by atoms with E-state index in [2.05, 4.69) is 20.8 Å². The van der Waals surface area contributed by atoms with Crippen LogP contribution in [0.1, 0.15) is 237 Å². The van der Waals surface area contributed by atoms with Gasteiger partial charge in [0.05, 0.1) is 0 Å². The normalized spacial score (nSPS) is 11.5. The summed E-state index contributed by atoms with van der Waals surface area (Å²) in [5.74, 6) is 3.15. The van der Waals surface area contributed by atoms with Gasteiger partial charge in [0.15, 0.2) is 0 Å². The van der Waals surface area contributed by atoms with Crippen LogP contribution in [0.15, 0.2) is 0 Å². The number of unbranched alkanes of at least 4 members (excludes halogenated alkanes) is 28. The standard InChI is InChI=1S/C40H77N3/c1-4-7-9-11-13-15-17-19-21-23-25-27-29-31-33-36-39-41-38(35-6-3)42-40(43-39)37-34-32-30-28-26-24-22-20-18-16-14-12-10-8-5-2/h4-37H2,1-3H3. The van der Waals surface area contributed by atoms with Gasteiger partial charge in [-0.15, -0.1) is 0 Å². The zero-order valence-electron chi connectivity index (χ0n) is 29.9. The molecule has 43 heavy (non-hydrogen) atoms. The van der Waals surface area contributed by atoms with Crippen molar-refractivity contribution in [3.8, 4) is 0 Å². The highest BCUT2D eigenvalue weighted by Crippen LogP contribution is 2.16. The lowest BCUT2D eigenvalue weighted by molar-refractivity contribution is 0.529. The minimum absolute atomic E-state index is 0.986. The number of rotatable bonds is 34. The summed E-state index contributed by atoms with van der Waals surface area (Å²) < 4.78 is 0. The highest BCUT2D eigenvalue weighted by Gasteiger charge is 2.07. The van der Waals surface area contributed by atoms with Gasteiger partial charge in [-0.2, -0.15) is 0 Å². The molecule has 0 spiro atoms. The molecule has 1 rings (SSSR count). The molecule has 0 N–H and O–H groups in total. The molecule has 0 fully saturated rings. The third-order valence-corrected chi connectivity index (χ3v) is 9.26. The molecule has 0 unspecified atom stereocenters. The van der Waals surface area contributed by atoms with Crippen molar-refractivity contribution in [2.75, 3.05) is 0 Å². The van der Waals surface area contributed by atoms with Crippen LogP contribution in [0.5, 0.6) is 0 Å². The summed E-state index contributed by atoms with van der Waals surface area (Å²) in [7, 11) is 0. The molecule has 0 aliphatic heterocycles. The number of hydrogen-bond acceptors (Lipinski definition) is 3. The maximum absolute atomic E-state index is 4.90. The van der Waals surface area contributed by atoms with Gasteiger partial charge in [0.2, 0.25) is 0 Å². The lowest BCUT2D eigenvalue weighted by atomic mass is 10.0. The quantitative estimate of drug-likeness (QED) is 0.0739. The van der Waals surface area contributed by atoms with E-state index in [-0.39, 0.29) is 0 Å². The summed E-state index contributed by atoms with van der Waals surface area (Å²) in [6.07, 6.45) is 46.5. The van der Waals surface area contributed by atoms with E-state index in [9.17, 15) is 0 Å². The van der Waals surface area contributed by atoms with E-state index in [0.29, 0.717) is 0 Å². The Morgan fingerprint density at radius 1 is 0.233 bits per heavy atom. The number of aromatic nitrogens is 3. The van der Waals surface area contributed by atoms with Crippen LogP contribution in [0.25, 0.3) is 0 Å². The predicted molar refractivity (Wildman–Crippen MR) is 191 cm³/mol. The van der Waals surface area contributed by atoms with Gasteiger partial charge < -0.3 is 0 Å². The Morgan fingerprint density at radius 2 is 0.442 bits per heavy atom. The summed E-state index contributed by atoms with van der Waals surface area (Å²) in [5.41, 5.74) is 0. The second-order valence-electron chi connectivity index (χ2n) is 13.7. The molecular weight excluding hydrogens is 522 g/mol. The van der Waals surface area contributed by atoms with E-state index in [1.165, 1.54) is 193 Å². The third kappa shape index (κ3) is 27.1. The van der Waals surface area contributed by atoms with Crippen molar-refractivity contribution in [3.63, 3.8) is 0 Å². The molecule has 0 aliphatic rings. The number of nitrogens with zero attached hydrogens (tertiary/aromatic N) is 3. The Kier molecular flexibility index (Phi) is 30.2. The van der Waals surface area contributed by atoms with E-state index >= 15 is 0 Å². The zero-order chi connectivity index (χ0) is 30.9. The van der Waals surface area contributed by atoms with Crippen LogP contribution in [-0.2, 0) is 19.3 Å². The summed E-state index contributed by atoms with van der Waals surface area (Å²) in [4.78, 5) is 14.6. The first-order valence-electron chi connectivity index (χ1n) is 20.0. The van der Waals surface area contributed by atoms with Gasteiger partial charge in [0.1, 0.15) is 17.5 Å². The SMILES string of the molecule is CCCCCCCCCCCCCCCCCc1nc(CCC)nc(CCCCCCCCCCCCCCCCC)n1. The number of aryl methyl sites for hydroxylation is 3. The molecule has 0 saturated heterocycles. The predicted octanol–water partition coefficient (Wildman–Crippen LogP) is 13.7. The molecule has 1 aromatic rings. The first-order chi connectivity index (χ1) is 21.3. The van der Waals surface area contributed by atoms with Gasteiger partial charge in [-0.25, -0.2) is 15.0 Å². The van der Waals surface area contributed by atoms with Crippen LogP contribution in [-0.4, -0.2) is 15.0 Å². The lowest BCUT2D eigenvalue weighted by Crippen LogP contribution is -2.08. The van der Waals surface area contributed by atoms with Crippen molar-refractivity contribution >= 4 is 0 Å². The molecule has 0 amide bonds. The molecule has 3 heteroatoms. The van der Waals surface area contributed by atoms with Crippen LogP contribution in [0.3, 0.4) is 0 Å². The molecule has 0 saturated carbocycles. The fourth-order valence-corrected chi connectivity index (χ4v) is 6.39. The van der Waals surface area contributed by atoms with Gasteiger partial charge in [0, 0.05) is 19.3 Å². The minimum Gasteiger partial charge on any atom is -0.218 e. The van der Waals surface area contributed by atoms with E-state index in [0.717, 1.165) is 43.2 Å². The van der Waals surface area contributed by atoms with Crippen LogP contribution in [0.4, 0.5) is 0 Å². The largest absolute Gasteiger partial charge is 0.218 e. The highest BCUT2D eigenvalue weighted by molar-refractivity contribution is 4.98. The van der Waals surface area contributed by atoms with E-state index in [4.69, 9.17) is 15.0 Å². The monoisotopic (exact) mass is 600 g/mol. The van der Waals surface area contributed by atoms with E-state index in [1.54, 1.807) is 0 Å². The molecule has 0 bridgehead atoms. The highest BCUT2D eigenvalue weighted by atomic mass is 15.0. The van der Waals surface area contributed by atoms with Crippen molar-refractivity contribution in [2.45, 2.75) is 239 Å². The molecular formula is C40H77N3. The van der Waals surface area contributed by atoms with Crippen molar-refractivity contribution in [1.29, 1.82) is 0 Å². The Bertz CT molecular complexity index is 636. The topological polar surface area (TPSA) is 38.7 Å². The Morgan fingerprint density at radius 3 is 0.674 bits per heavy atom. The molecule has 1 heterocycles. The Labute approximate surface area is 271 Å². The molecule has 3 nitrogen and oxygen atoms in total. The van der Waals surface area contributed by atoms with Crippen molar-refractivity contribution in [2.24, 2.45) is 0 Å². The summed E-state index contributed by atoms with van der Waals surface area (Å²) in [6, 6.07) is 0. The maximum Gasteiger partial charge on any atom is 0.132 e. The molecule has 0 aliphatic carbocycles. The summed E-state index contributed by atoms with van der Waals surface area (Å²) in [6.45, 7) is 6.83. The van der Waals surface area contributed by atoms with Gasteiger partial charge in [0.25, 0.3) is 0 Å². The van der Waals surface area contributed by atoms with E-state index in [1.807, 2.05) is 0 Å². The molecule has 1 aromatic heterocycles. The van der Waals surface area contributed by atoms with Crippen LogP contribution < -0.4 is 0 Å². The van der Waals surface area contributed by atoms with Crippen LogP contribution in [0.2, 0.25) is 0 Å². The molecule has 0 atom stereocenters. The Balaban J connectivity index is 2.04. The average Bonchev–Trinajstić information content (AvgIpc) is 3.01. The minimum atomic E-state index is 0.986. The van der Waals surface area contributed by atoms with Gasteiger partial charge in [-0.1, -0.05) is 201 Å². The summed E-state index contributed by atoms with van der Waals surface area (Å²) >= 11 is 0. The lowest BCUT2D eigenvalue weighted by Gasteiger charge is -2.08. The fourth-order valence-electron chi connectivity index (χ4n) is 6.39. The summed E-state index contributed by atoms with van der Waals surface area (Å²) in [5, 5.41) is 0. The first-order valence-corrected chi connectivity index (χ1v) is 20.0. The molecule has 252 valence electrons. The van der Waals surface area contributed by atoms with Gasteiger partial charge in [-0.05, 0) is 19.3 Å². The van der Waals surface area contributed by atoms with Gasteiger partial charge >= 0.3 is 0 Å². The van der Waals surface area contributed by atoms with Crippen molar-refractivity contribution in [1.82, 2.24) is 15.0 Å². The average molecular weight is 600 g/mol. The smallest absolute Gasteiger partial charge is 0.132 e. The molecule has 0 radical (unpaired) electrons. The third-order valence-electron chi connectivity index (χ3n) is 9.26. The molecule has 0 aromatic carbocycles. The second-order valence-corrected chi connectivity index (χ2v) is 13.7. The van der Waals surface area contributed by atoms with Gasteiger partial charge in [-0.3, -0.25) is 0 Å². The second kappa shape index (κ2) is 32.4. The van der Waals surface area contributed by atoms with E-state index < -0.39 is 0 Å². The van der Waals surface area contributed by atoms with Crippen molar-refractivity contribution in [3.05, 3.63) is 17.5 Å². The number of hydrogen-bond donors (Lipinski definition) is 0. The van der Waals surface area contributed by atoms with Crippen LogP contribution >= 0.6 is 0 Å². The fraction of sp³-hybridized carbons (Fsp3) is 0.925. The maximum atomic E-state index is 4.90. The van der Waals surface area contributed by atoms with Crippen molar-refractivity contribution < 1.29 is 0 Å². The zero-order valence-corrected chi connectivity index (χ0v) is 29.9. The van der Waals surface area contributed by atoms with Crippen LogP contribution in [0, 0.1) is 0 Å².